The van der Waals surface area contributed by atoms with Gasteiger partial charge in [-0.25, -0.2) is 4.98 Å². The van der Waals surface area contributed by atoms with Gasteiger partial charge in [-0.3, -0.25) is 9.59 Å². The Balaban J connectivity index is 1.47. The van der Waals surface area contributed by atoms with Gasteiger partial charge in [0.25, 0.3) is 5.91 Å². The van der Waals surface area contributed by atoms with E-state index in [2.05, 4.69) is 10.3 Å². The molecular weight excluding hydrogens is 274 g/mol. The minimum absolute atomic E-state index is 0.0244. The van der Waals surface area contributed by atoms with Crippen LogP contribution in [0.1, 0.15) is 23.3 Å². The third kappa shape index (κ3) is 2.82. The summed E-state index contributed by atoms with van der Waals surface area (Å²) in [6, 6.07) is 3.13. The first-order valence-electron chi connectivity index (χ1n) is 6.98. The number of pyridine rings is 1. The topological polar surface area (TPSA) is 91.8 Å². The molecule has 0 spiro atoms. The maximum atomic E-state index is 12.1. The zero-order chi connectivity index (χ0) is 14.8. The average Bonchev–Trinajstić information content (AvgIpc) is 3.10. The maximum Gasteiger partial charge on any atom is 0.273 e. The van der Waals surface area contributed by atoms with Gasteiger partial charge in [0.15, 0.2) is 5.69 Å². The van der Waals surface area contributed by atoms with Gasteiger partial charge in [-0.1, -0.05) is 0 Å². The van der Waals surface area contributed by atoms with Crippen molar-refractivity contribution in [1.82, 2.24) is 15.2 Å². The summed E-state index contributed by atoms with van der Waals surface area (Å²) >= 11 is 0. The third-order valence-corrected chi connectivity index (χ3v) is 3.85. The number of hydrogen-bond acceptors (Lipinski definition) is 5. The Morgan fingerprint density at radius 2 is 2.38 bits per heavy atom. The molecule has 0 aromatic carbocycles. The van der Waals surface area contributed by atoms with E-state index < -0.39 is 5.91 Å². The van der Waals surface area contributed by atoms with E-state index >= 15 is 0 Å². The number of hydrogen-bond donors (Lipinski definition) is 2. The molecule has 0 saturated carbocycles. The number of aromatic nitrogens is 1. The predicted molar refractivity (Wildman–Crippen MR) is 72.7 cm³/mol. The zero-order valence-corrected chi connectivity index (χ0v) is 11.5. The monoisotopic (exact) mass is 291 g/mol. The van der Waals surface area contributed by atoms with E-state index in [0.717, 1.165) is 6.42 Å². The smallest absolute Gasteiger partial charge is 0.273 e. The summed E-state index contributed by atoms with van der Waals surface area (Å²) in [6.07, 6.45) is 2.77. The largest absolute Gasteiger partial charge is 0.505 e. The van der Waals surface area contributed by atoms with Gasteiger partial charge in [-0.15, -0.1) is 0 Å². The Kier molecular flexibility index (Phi) is 3.74. The number of nitrogens with one attached hydrogen (secondary N) is 1. The number of nitrogens with zero attached hydrogens (tertiary/aromatic N) is 2. The molecule has 2 atom stereocenters. The molecule has 2 fully saturated rings. The third-order valence-electron chi connectivity index (χ3n) is 3.85. The molecule has 2 aliphatic heterocycles. The molecule has 2 amide bonds. The van der Waals surface area contributed by atoms with Crippen LogP contribution in [0.5, 0.6) is 5.75 Å². The SMILES string of the molecule is O=C(NCCC(=O)N1C[C@@H]2C[C@H]1CO2)c1ncccc1O. The number of aromatic hydroxyl groups is 1. The molecule has 0 aliphatic carbocycles. The molecule has 2 bridgehead atoms. The van der Waals surface area contributed by atoms with Crippen molar-refractivity contribution in [3.8, 4) is 5.75 Å². The lowest BCUT2D eigenvalue weighted by Gasteiger charge is -2.26. The molecule has 0 radical (unpaired) electrons. The molecule has 7 nitrogen and oxygen atoms in total. The molecular formula is C14H17N3O4. The van der Waals surface area contributed by atoms with Gasteiger partial charge in [0.05, 0.1) is 18.8 Å². The van der Waals surface area contributed by atoms with Crippen molar-refractivity contribution in [1.29, 1.82) is 0 Å². The molecule has 2 saturated heterocycles. The first-order chi connectivity index (χ1) is 10.1. The number of likely N-dealkylation sites (tertiary alicyclic amines) is 1. The first kappa shape index (κ1) is 13.8. The van der Waals surface area contributed by atoms with Crippen molar-refractivity contribution in [2.75, 3.05) is 19.7 Å². The van der Waals surface area contributed by atoms with Crippen LogP contribution in [0.3, 0.4) is 0 Å². The number of amides is 2. The van der Waals surface area contributed by atoms with Crippen LogP contribution >= 0.6 is 0 Å². The van der Waals surface area contributed by atoms with Gasteiger partial charge in [-0.05, 0) is 18.6 Å². The van der Waals surface area contributed by atoms with E-state index in [0.29, 0.717) is 13.2 Å². The van der Waals surface area contributed by atoms with Crippen molar-refractivity contribution in [3.63, 3.8) is 0 Å². The lowest BCUT2D eigenvalue weighted by molar-refractivity contribution is -0.135. The van der Waals surface area contributed by atoms with Crippen molar-refractivity contribution in [2.45, 2.75) is 25.0 Å². The molecule has 3 rings (SSSR count). The lowest BCUT2D eigenvalue weighted by Crippen LogP contribution is -2.42. The van der Waals surface area contributed by atoms with Crippen LogP contribution in [0.4, 0.5) is 0 Å². The molecule has 21 heavy (non-hydrogen) atoms. The highest BCUT2D eigenvalue weighted by Gasteiger charge is 2.40. The summed E-state index contributed by atoms with van der Waals surface area (Å²) in [5.74, 6) is -0.626. The Hall–Kier alpha value is -2.15. The Morgan fingerprint density at radius 3 is 3.05 bits per heavy atom. The summed E-state index contributed by atoms with van der Waals surface area (Å²) in [4.78, 5) is 29.5. The van der Waals surface area contributed by atoms with Crippen LogP contribution < -0.4 is 5.32 Å². The second-order valence-corrected chi connectivity index (χ2v) is 5.27. The van der Waals surface area contributed by atoms with E-state index in [9.17, 15) is 14.7 Å². The van der Waals surface area contributed by atoms with Crippen LogP contribution in [-0.4, -0.2) is 58.6 Å². The van der Waals surface area contributed by atoms with Gasteiger partial charge in [0.2, 0.25) is 5.91 Å². The van der Waals surface area contributed by atoms with E-state index in [4.69, 9.17) is 4.74 Å². The molecule has 2 N–H and O–H groups in total. The van der Waals surface area contributed by atoms with Gasteiger partial charge < -0.3 is 20.1 Å². The Bertz CT molecular complexity index is 563. The molecule has 7 heteroatoms. The highest BCUT2D eigenvalue weighted by molar-refractivity contribution is 5.94. The first-order valence-corrected chi connectivity index (χ1v) is 6.98. The van der Waals surface area contributed by atoms with Gasteiger partial charge in [0.1, 0.15) is 5.75 Å². The number of carbonyl (C=O) groups excluding carboxylic acids is 2. The molecule has 1 aromatic heterocycles. The highest BCUT2D eigenvalue weighted by atomic mass is 16.5. The summed E-state index contributed by atoms with van der Waals surface area (Å²) in [5.41, 5.74) is -0.0291. The summed E-state index contributed by atoms with van der Waals surface area (Å²) in [5, 5.41) is 12.1. The number of ether oxygens (including phenoxy) is 1. The van der Waals surface area contributed by atoms with E-state index in [-0.39, 0.29) is 42.5 Å². The molecule has 2 aliphatic rings. The Morgan fingerprint density at radius 1 is 1.52 bits per heavy atom. The van der Waals surface area contributed by atoms with Gasteiger partial charge in [0, 0.05) is 25.7 Å². The molecule has 1 aromatic rings. The standard InChI is InChI=1S/C14H17N3O4/c18-11-2-1-4-15-13(11)14(20)16-5-3-12(19)17-7-10-6-9(17)8-21-10/h1-2,4,9-10,18H,3,5-8H2,(H,16,20)/t9-,10-/m0/s1. The number of morpholine rings is 1. The summed E-state index contributed by atoms with van der Waals surface area (Å²) < 4.78 is 5.45. The Labute approximate surface area is 121 Å². The van der Waals surface area contributed by atoms with Crippen molar-refractivity contribution >= 4 is 11.8 Å². The fourth-order valence-corrected chi connectivity index (χ4v) is 2.79. The summed E-state index contributed by atoms with van der Waals surface area (Å²) in [7, 11) is 0. The van der Waals surface area contributed by atoms with E-state index in [1.54, 1.807) is 6.07 Å². The van der Waals surface area contributed by atoms with Crippen molar-refractivity contribution in [2.24, 2.45) is 0 Å². The van der Waals surface area contributed by atoms with Crippen LogP contribution in [0.2, 0.25) is 0 Å². The van der Waals surface area contributed by atoms with Crippen molar-refractivity contribution < 1.29 is 19.4 Å². The van der Waals surface area contributed by atoms with Gasteiger partial charge in [-0.2, -0.15) is 0 Å². The van der Waals surface area contributed by atoms with E-state index in [1.165, 1.54) is 12.3 Å². The minimum atomic E-state index is -0.479. The van der Waals surface area contributed by atoms with Crippen molar-refractivity contribution in [3.05, 3.63) is 24.0 Å². The zero-order valence-electron chi connectivity index (χ0n) is 11.5. The highest BCUT2D eigenvalue weighted by Crippen LogP contribution is 2.27. The molecule has 0 unspecified atom stereocenters. The fourth-order valence-electron chi connectivity index (χ4n) is 2.79. The maximum absolute atomic E-state index is 12.1. The molecule has 112 valence electrons. The van der Waals surface area contributed by atoms with E-state index in [1.807, 2.05) is 4.90 Å². The lowest BCUT2D eigenvalue weighted by atomic mass is 10.2. The normalized spacial score (nSPS) is 23.3. The predicted octanol–water partition coefficient (Wildman–Crippen LogP) is -0.0932. The summed E-state index contributed by atoms with van der Waals surface area (Å²) in [6.45, 7) is 1.49. The minimum Gasteiger partial charge on any atom is -0.505 e. The van der Waals surface area contributed by atoms with Gasteiger partial charge >= 0.3 is 0 Å². The van der Waals surface area contributed by atoms with Crippen LogP contribution in [-0.2, 0) is 9.53 Å². The average molecular weight is 291 g/mol. The number of carbonyl (C=O) groups is 2. The second-order valence-electron chi connectivity index (χ2n) is 5.27. The van der Waals surface area contributed by atoms with Crippen LogP contribution in [0.15, 0.2) is 18.3 Å². The van der Waals surface area contributed by atoms with Crippen LogP contribution in [0, 0.1) is 0 Å². The fraction of sp³-hybridized carbons (Fsp3) is 0.500. The number of rotatable bonds is 4. The second kappa shape index (κ2) is 5.69. The van der Waals surface area contributed by atoms with Crippen LogP contribution in [0.25, 0.3) is 0 Å². The molecule has 3 heterocycles. The quantitative estimate of drug-likeness (QED) is 0.808. The number of fused-ring (bicyclic) bond motifs is 2.